The number of halogens is 1. The van der Waals surface area contributed by atoms with Gasteiger partial charge in [0.2, 0.25) is 6.79 Å². The van der Waals surface area contributed by atoms with Crippen molar-refractivity contribution in [1.29, 1.82) is 0 Å². The Hall–Kier alpha value is -1.91. The quantitative estimate of drug-likeness (QED) is 0.916. The fourth-order valence-corrected chi connectivity index (χ4v) is 2.63. The lowest BCUT2D eigenvalue weighted by molar-refractivity contribution is 0.174. The van der Waals surface area contributed by atoms with E-state index in [2.05, 4.69) is 17.4 Å². The first-order chi connectivity index (χ1) is 10.3. The molecule has 22 heavy (non-hydrogen) atoms. The zero-order chi connectivity index (χ0) is 14.7. The van der Waals surface area contributed by atoms with Crippen LogP contribution in [0.4, 0.5) is 0 Å². The molecule has 4 nitrogen and oxygen atoms in total. The van der Waals surface area contributed by atoms with Gasteiger partial charge >= 0.3 is 0 Å². The molecule has 1 unspecified atom stereocenters. The highest BCUT2D eigenvalue weighted by Crippen LogP contribution is 2.34. The summed E-state index contributed by atoms with van der Waals surface area (Å²) in [4.78, 5) is 0. The van der Waals surface area contributed by atoms with Crippen molar-refractivity contribution in [3.8, 4) is 17.2 Å². The van der Waals surface area contributed by atoms with E-state index in [1.54, 1.807) is 7.11 Å². The minimum atomic E-state index is 0. The third-order valence-corrected chi connectivity index (χ3v) is 3.74. The van der Waals surface area contributed by atoms with Gasteiger partial charge < -0.3 is 19.5 Å². The molecule has 0 spiro atoms. The van der Waals surface area contributed by atoms with Gasteiger partial charge in [-0.2, -0.15) is 0 Å². The molecule has 0 amide bonds. The van der Waals surface area contributed by atoms with E-state index in [1.807, 2.05) is 37.4 Å². The number of benzene rings is 2. The van der Waals surface area contributed by atoms with Crippen LogP contribution in [0.1, 0.15) is 17.2 Å². The molecule has 2 aromatic carbocycles. The monoisotopic (exact) mass is 321 g/mol. The van der Waals surface area contributed by atoms with Crippen molar-refractivity contribution in [2.45, 2.75) is 12.5 Å². The molecule has 1 aliphatic rings. The topological polar surface area (TPSA) is 39.7 Å². The molecule has 1 N–H and O–H groups in total. The summed E-state index contributed by atoms with van der Waals surface area (Å²) in [5.41, 5.74) is 2.35. The standard InChI is InChI=1S/C17H19NO3.ClH/c1-18-14(13-5-3-4-6-15(13)19-2)9-12-7-8-16-17(10-12)21-11-20-16;/h3-8,10,14,18H,9,11H2,1-2H3;1H. The molecule has 0 bridgehead atoms. The lowest BCUT2D eigenvalue weighted by atomic mass is 9.98. The van der Waals surface area contributed by atoms with Gasteiger partial charge in [0, 0.05) is 11.6 Å². The molecule has 2 aromatic rings. The summed E-state index contributed by atoms with van der Waals surface area (Å²) in [6, 6.07) is 14.4. The van der Waals surface area contributed by atoms with E-state index < -0.39 is 0 Å². The Morgan fingerprint density at radius 3 is 2.68 bits per heavy atom. The van der Waals surface area contributed by atoms with Crippen molar-refractivity contribution in [3.05, 3.63) is 53.6 Å². The molecule has 0 saturated carbocycles. The maximum absolute atomic E-state index is 5.46. The maximum Gasteiger partial charge on any atom is 0.231 e. The summed E-state index contributed by atoms with van der Waals surface area (Å²) >= 11 is 0. The number of methoxy groups -OCH3 is 1. The van der Waals surface area contributed by atoms with Gasteiger partial charge in [0.25, 0.3) is 0 Å². The van der Waals surface area contributed by atoms with Crippen LogP contribution in [0.5, 0.6) is 17.2 Å². The van der Waals surface area contributed by atoms with Gasteiger partial charge in [0.15, 0.2) is 11.5 Å². The third kappa shape index (κ3) is 3.29. The Morgan fingerprint density at radius 1 is 1.14 bits per heavy atom. The Balaban J connectivity index is 0.00000176. The third-order valence-electron chi connectivity index (χ3n) is 3.74. The first-order valence-electron chi connectivity index (χ1n) is 7.00. The smallest absolute Gasteiger partial charge is 0.231 e. The second-order valence-electron chi connectivity index (χ2n) is 4.97. The number of nitrogens with one attached hydrogen (secondary N) is 1. The lowest BCUT2D eigenvalue weighted by Gasteiger charge is -2.19. The SMILES string of the molecule is CNC(Cc1ccc2c(c1)OCO2)c1ccccc1OC.Cl. The molecule has 118 valence electrons. The normalized spacial score (nSPS) is 13.4. The van der Waals surface area contributed by atoms with Gasteiger partial charge in [-0.05, 0) is 37.2 Å². The van der Waals surface area contributed by atoms with Crippen LogP contribution < -0.4 is 19.5 Å². The van der Waals surface area contributed by atoms with Crippen molar-refractivity contribution >= 4 is 12.4 Å². The summed E-state index contributed by atoms with van der Waals surface area (Å²) in [5, 5.41) is 3.36. The Kier molecular flexibility index (Phi) is 5.52. The van der Waals surface area contributed by atoms with Crippen LogP contribution in [0.3, 0.4) is 0 Å². The fourth-order valence-electron chi connectivity index (χ4n) is 2.63. The average molecular weight is 322 g/mol. The largest absolute Gasteiger partial charge is 0.496 e. The summed E-state index contributed by atoms with van der Waals surface area (Å²) in [6.07, 6.45) is 0.855. The molecule has 5 heteroatoms. The zero-order valence-corrected chi connectivity index (χ0v) is 13.5. The molecule has 0 fully saturated rings. The molecular weight excluding hydrogens is 302 g/mol. The van der Waals surface area contributed by atoms with Gasteiger partial charge in [-0.25, -0.2) is 0 Å². The van der Waals surface area contributed by atoms with E-state index in [0.29, 0.717) is 6.79 Å². The van der Waals surface area contributed by atoms with E-state index in [4.69, 9.17) is 14.2 Å². The highest BCUT2D eigenvalue weighted by molar-refractivity contribution is 5.85. The number of ether oxygens (including phenoxy) is 3. The first kappa shape index (κ1) is 16.5. The van der Waals surface area contributed by atoms with E-state index in [-0.39, 0.29) is 18.4 Å². The van der Waals surface area contributed by atoms with Crippen molar-refractivity contribution in [2.75, 3.05) is 21.0 Å². The van der Waals surface area contributed by atoms with Gasteiger partial charge in [0.1, 0.15) is 5.75 Å². The molecule has 0 aliphatic carbocycles. The minimum absolute atomic E-state index is 0. The molecule has 3 rings (SSSR count). The number of hydrogen-bond acceptors (Lipinski definition) is 4. The Labute approximate surface area is 136 Å². The number of hydrogen-bond donors (Lipinski definition) is 1. The first-order valence-corrected chi connectivity index (χ1v) is 7.00. The predicted molar refractivity (Wildman–Crippen MR) is 88.3 cm³/mol. The maximum atomic E-state index is 5.46. The fraction of sp³-hybridized carbons (Fsp3) is 0.294. The average Bonchev–Trinajstić information content (AvgIpc) is 3.00. The Morgan fingerprint density at radius 2 is 1.91 bits per heavy atom. The van der Waals surface area contributed by atoms with Crippen LogP contribution in [-0.2, 0) is 6.42 Å². The second kappa shape index (κ2) is 7.38. The van der Waals surface area contributed by atoms with E-state index >= 15 is 0 Å². The Bertz CT molecular complexity index is 633. The predicted octanol–water partition coefficient (Wildman–Crippen LogP) is 3.35. The van der Waals surface area contributed by atoms with Crippen LogP contribution in [0, 0.1) is 0 Å². The van der Waals surface area contributed by atoms with Crippen molar-refractivity contribution in [3.63, 3.8) is 0 Å². The van der Waals surface area contributed by atoms with Crippen molar-refractivity contribution < 1.29 is 14.2 Å². The zero-order valence-electron chi connectivity index (χ0n) is 12.7. The number of rotatable bonds is 5. The van der Waals surface area contributed by atoms with Crippen LogP contribution in [0.25, 0.3) is 0 Å². The van der Waals surface area contributed by atoms with Gasteiger partial charge in [-0.15, -0.1) is 12.4 Å². The lowest BCUT2D eigenvalue weighted by Crippen LogP contribution is -2.19. The number of likely N-dealkylation sites (N-methyl/N-ethyl adjacent to an activating group) is 1. The highest BCUT2D eigenvalue weighted by Gasteiger charge is 2.17. The summed E-state index contributed by atoms with van der Waals surface area (Å²) in [7, 11) is 3.66. The number of para-hydroxylation sites is 1. The van der Waals surface area contributed by atoms with Crippen LogP contribution in [-0.4, -0.2) is 21.0 Å². The molecule has 0 saturated heterocycles. The van der Waals surface area contributed by atoms with Crippen LogP contribution in [0.2, 0.25) is 0 Å². The van der Waals surface area contributed by atoms with Gasteiger partial charge in [-0.3, -0.25) is 0 Å². The molecule has 1 aliphatic heterocycles. The summed E-state index contributed by atoms with van der Waals surface area (Å²) < 4.78 is 16.2. The van der Waals surface area contributed by atoms with Gasteiger partial charge in [0.05, 0.1) is 7.11 Å². The molecule has 0 radical (unpaired) electrons. The van der Waals surface area contributed by atoms with Crippen LogP contribution in [0.15, 0.2) is 42.5 Å². The summed E-state index contributed by atoms with van der Waals surface area (Å²) in [6.45, 7) is 0.306. The second-order valence-corrected chi connectivity index (χ2v) is 4.97. The van der Waals surface area contributed by atoms with E-state index in [0.717, 1.165) is 29.2 Å². The molecule has 1 heterocycles. The molecular formula is C17H20ClNO3. The summed E-state index contributed by atoms with van der Waals surface area (Å²) in [5.74, 6) is 2.54. The molecule has 1 atom stereocenters. The van der Waals surface area contributed by atoms with Crippen molar-refractivity contribution in [2.24, 2.45) is 0 Å². The number of fused-ring (bicyclic) bond motifs is 1. The minimum Gasteiger partial charge on any atom is -0.496 e. The van der Waals surface area contributed by atoms with Gasteiger partial charge in [-0.1, -0.05) is 24.3 Å². The molecule has 0 aromatic heterocycles. The van der Waals surface area contributed by atoms with E-state index in [9.17, 15) is 0 Å². The van der Waals surface area contributed by atoms with Crippen molar-refractivity contribution in [1.82, 2.24) is 5.32 Å². The van der Waals surface area contributed by atoms with Crippen LogP contribution >= 0.6 is 12.4 Å². The highest BCUT2D eigenvalue weighted by atomic mass is 35.5. The van der Waals surface area contributed by atoms with E-state index in [1.165, 1.54) is 5.56 Å².